The van der Waals surface area contributed by atoms with E-state index in [0.717, 1.165) is 131 Å². The third-order valence-electron chi connectivity index (χ3n) is 23.4. The fraction of sp³-hybridized carbons (Fsp3) is 0.429. The van der Waals surface area contributed by atoms with Crippen molar-refractivity contribution in [3.8, 4) is 92.6 Å². The number of anilines is 2. The van der Waals surface area contributed by atoms with Crippen molar-refractivity contribution < 1.29 is 18.9 Å². The number of nitrogens with one attached hydrogen (secondary N) is 2. The number of hydrogen-bond acceptors (Lipinski definition) is 14. The predicted molar refractivity (Wildman–Crippen MR) is 541 cm³/mol. The normalized spacial score (nSPS) is 12.0. The lowest BCUT2D eigenvalue weighted by Crippen LogP contribution is -2.25. The largest absolute Gasteiger partial charge is 0.493 e. The highest BCUT2D eigenvalue weighted by Crippen LogP contribution is 2.47. The fourth-order valence-corrected chi connectivity index (χ4v) is 16.9. The van der Waals surface area contributed by atoms with Gasteiger partial charge in [0.05, 0.1) is 128 Å². The second-order valence-corrected chi connectivity index (χ2v) is 40.0. The molecular formula is C112H132N10O4S2. The van der Waals surface area contributed by atoms with Crippen molar-refractivity contribution in [2.45, 2.75) is 239 Å². The second kappa shape index (κ2) is 44.6. The highest BCUT2D eigenvalue weighted by Gasteiger charge is 2.27. The second-order valence-electron chi connectivity index (χ2n) is 39.0. The molecule has 11 aromatic rings. The lowest BCUT2D eigenvalue weighted by atomic mass is 9.93. The standard InChI is InChI=1S/C112H132N10O4S2/c1-17-21-25-29-71-121(72-30-26-22-18-2)85-53-41-79(42-54-85)39-45-81-47-49-83(107-105(81)117-127-119-107)51-57-87-89-59-63-93(113-89)101(103-97(123-75-67-109(5,6)7)35-33-36-98(103)124-76-68-110(8,9)10)95-65-61-91(115-95)88(58-52-84-50-48-82(106-108(84)120-128-118-106)46-40-80-43-55-86(56-44-80)122(73-31-27-23-19-3)74-32-28-24-20-4)92-62-66-96(116-92)102(94-64-60-90(87)114-94)104-99(125-77-69-111(11,12)13)37-34-38-100(104)126-78-70-112(14,15)16/h33-38,41-44,47-50,53-56,59-66,113,116H,17-32,67-78H2,1-16H3. The summed E-state index contributed by atoms with van der Waals surface area (Å²) >= 11 is 2.32. The summed E-state index contributed by atoms with van der Waals surface area (Å²) in [4.78, 5) is 24.6. The summed E-state index contributed by atoms with van der Waals surface area (Å²) in [5, 5.41) is 0. The van der Waals surface area contributed by atoms with E-state index in [0.29, 0.717) is 128 Å². The zero-order chi connectivity index (χ0) is 90.2. The smallest absolute Gasteiger partial charge is 0.131 e. The molecule has 14 nitrogen and oxygen atoms in total. The van der Waals surface area contributed by atoms with Crippen LogP contribution in [0.2, 0.25) is 0 Å². The Kier molecular flexibility index (Phi) is 32.8. The molecule has 7 heterocycles. The first-order valence-electron chi connectivity index (χ1n) is 47.0. The van der Waals surface area contributed by atoms with Gasteiger partial charge in [0.15, 0.2) is 0 Å². The average Bonchev–Trinajstić information content (AvgIpc) is 1.60. The monoisotopic (exact) mass is 1740 g/mol. The van der Waals surface area contributed by atoms with Gasteiger partial charge >= 0.3 is 0 Å². The molecular weight excluding hydrogens is 1610 g/mol. The van der Waals surface area contributed by atoms with Crippen molar-refractivity contribution in [2.75, 3.05) is 62.4 Å². The van der Waals surface area contributed by atoms with Crippen molar-refractivity contribution >= 4 is 103 Å². The molecule has 13 rings (SSSR count). The van der Waals surface area contributed by atoms with Gasteiger partial charge in [0, 0.05) is 70.8 Å². The molecule has 5 aromatic heterocycles. The maximum absolute atomic E-state index is 7.05. The average molecular weight is 1750 g/mol. The van der Waals surface area contributed by atoms with Gasteiger partial charge in [-0.2, -0.15) is 17.5 Å². The van der Waals surface area contributed by atoms with Gasteiger partial charge in [-0.3, -0.25) is 0 Å². The van der Waals surface area contributed by atoms with Gasteiger partial charge in [0.1, 0.15) is 45.1 Å². The summed E-state index contributed by atoms with van der Waals surface area (Å²) in [6, 6.07) is 46.3. The van der Waals surface area contributed by atoms with E-state index in [1.54, 1.807) is 0 Å². The molecule has 16 heteroatoms. The van der Waals surface area contributed by atoms with Gasteiger partial charge in [-0.05, 0) is 219 Å². The van der Waals surface area contributed by atoms with Gasteiger partial charge in [0.25, 0.3) is 0 Å². The van der Waals surface area contributed by atoms with E-state index in [1.807, 2.05) is 60.7 Å². The van der Waals surface area contributed by atoms with Crippen LogP contribution in [0.25, 0.3) is 90.7 Å². The van der Waals surface area contributed by atoms with Crippen molar-refractivity contribution in [1.82, 2.24) is 37.4 Å². The molecule has 666 valence electrons. The Morgan fingerprint density at radius 2 is 0.578 bits per heavy atom. The van der Waals surface area contributed by atoms with Crippen LogP contribution < -0.4 is 28.7 Å². The van der Waals surface area contributed by atoms with Gasteiger partial charge in [-0.25, -0.2) is 9.97 Å². The van der Waals surface area contributed by atoms with E-state index in [2.05, 4.69) is 275 Å². The number of nitrogens with zero attached hydrogens (tertiary/aromatic N) is 8. The van der Waals surface area contributed by atoms with Crippen molar-refractivity contribution in [1.29, 1.82) is 0 Å². The molecule has 2 N–H and O–H groups in total. The summed E-state index contributed by atoms with van der Waals surface area (Å²) in [7, 11) is 0. The number of H-pyrrole nitrogens is 2. The molecule has 0 saturated carbocycles. The summed E-state index contributed by atoms with van der Waals surface area (Å²) in [5.74, 6) is 31.4. The van der Waals surface area contributed by atoms with E-state index in [4.69, 9.17) is 46.4 Å². The van der Waals surface area contributed by atoms with Crippen LogP contribution in [-0.4, -0.2) is 90.0 Å². The van der Waals surface area contributed by atoms with Crippen LogP contribution in [0, 0.1) is 69.0 Å². The molecule has 8 bridgehead atoms. The lowest BCUT2D eigenvalue weighted by molar-refractivity contribution is 0.235. The summed E-state index contributed by atoms with van der Waals surface area (Å²) in [6.07, 6.45) is 31.3. The van der Waals surface area contributed by atoms with Crippen LogP contribution in [0.15, 0.2) is 133 Å². The van der Waals surface area contributed by atoms with Crippen molar-refractivity contribution in [2.24, 2.45) is 21.7 Å². The Morgan fingerprint density at radius 3 is 0.867 bits per heavy atom. The van der Waals surface area contributed by atoms with Crippen LogP contribution in [-0.2, 0) is 0 Å². The maximum Gasteiger partial charge on any atom is 0.131 e. The molecule has 6 aromatic carbocycles. The fourth-order valence-electron chi connectivity index (χ4n) is 15.7. The van der Waals surface area contributed by atoms with Crippen LogP contribution >= 0.6 is 23.5 Å². The van der Waals surface area contributed by atoms with E-state index < -0.39 is 0 Å². The van der Waals surface area contributed by atoms with Gasteiger partial charge in [0.2, 0.25) is 0 Å². The highest BCUT2D eigenvalue weighted by molar-refractivity contribution is 7.00. The SMILES string of the molecule is CCCCCCN(CCCCCC)c1ccc(C#Cc2ccc(C#Cc3c4nc(c(-c5c(OCCC(C)(C)C)cccc5OCCC(C)(C)C)c5ccc([nH]5)c(C#Cc5ccc(C#Cc6ccc(N(CCCCCC)CCCCCC)cc6)c6nsnc56)c5nc(c(-c6c(OCCC(C)(C)C)cccc6OCCC(C)(C)C)c6ccc3[nH]6)C=C5)C=C4)c3nsnc23)cc1. The third kappa shape index (κ3) is 26.0. The Morgan fingerprint density at radius 1 is 0.297 bits per heavy atom. The minimum atomic E-state index is -0.00763. The van der Waals surface area contributed by atoms with E-state index in [1.165, 1.54) is 114 Å². The maximum atomic E-state index is 7.05. The first-order valence-corrected chi connectivity index (χ1v) is 48.5. The Bertz CT molecular complexity index is 5670. The van der Waals surface area contributed by atoms with E-state index in [-0.39, 0.29) is 21.7 Å². The van der Waals surface area contributed by atoms with Crippen LogP contribution in [0.4, 0.5) is 11.4 Å². The number of aromatic amines is 2. The summed E-state index contributed by atoms with van der Waals surface area (Å²) in [6.45, 7) is 42.1. The number of rotatable bonds is 36. The van der Waals surface area contributed by atoms with Gasteiger partial charge in [-0.1, -0.05) is 247 Å². The number of fused-ring (bicyclic) bond motifs is 10. The van der Waals surface area contributed by atoms with Gasteiger partial charge < -0.3 is 38.7 Å². The Labute approximate surface area is 771 Å². The zero-order valence-electron chi connectivity index (χ0n) is 78.8. The zero-order valence-corrected chi connectivity index (χ0v) is 80.5. The number of hydrogen-bond donors (Lipinski definition) is 2. The number of ether oxygens (including phenoxy) is 4. The topological polar surface area (TPSA) is 152 Å². The first kappa shape index (κ1) is 94.2. The minimum absolute atomic E-state index is 0.00763. The quantitative estimate of drug-likeness (QED) is 0.0284. The van der Waals surface area contributed by atoms with E-state index in [9.17, 15) is 0 Å². The van der Waals surface area contributed by atoms with Crippen LogP contribution in [0.1, 0.15) is 306 Å². The van der Waals surface area contributed by atoms with Crippen LogP contribution in [0.3, 0.4) is 0 Å². The third-order valence-corrected chi connectivity index (χ3v) is 24.5. The molecule has 0 unspecified atom stereocenters. The highest BCUT2D eigenvalue weighted by atomic mass is 32.1. The number of unbranched alkanes of at least 4 members (excludes halogenated alkanes) is 12. The van der Waals surface area contributed by atoms with Gasteiger partial charge in [-0.15, -0.1) is 0 Å². The predicted octanol–water partition coefficient (Wildman–Crippen LogP) is 28.8. The molecule has 0 spiro atoms. The first-order chi connectivity index (χ1) is 61.8. The molecule has 0 fully saturated rings. The van der Waals surface area contributed by atoms with Crippen molar-refractivity contribution in [3.05, 3.63) is 201 Å². The number of aromatic nitrogens is 8. The molecule has 2 aliphatic rings. The van der Waals surface area contributed by atoms with Crippen LogP contribution in [0.5, 0.6) is 23.0 Å². The Balaban J connectivity index is 1.01. The summed E-state index contributed by atoms with van der Waals surface area (Å²) in [5.41, 5.74) is 19.8. The molecule has 0 amide bonds. The molecule has 128 heavy (non-hydrogen) atoms. The molecule has 0 saturated heterocycles. The molecule has 2 aliphatic heterocycles. The molecule has 0 radical (unpaired) electrons. The summed E-state index contributed by atoms with van der Waals surface area (Å²) < 4.78 is 47.9. The number of benzene rings is 6. The van der Waals surface area contributed by atoms with Crippen molar-refractivity contribution in [3.63, 3.8) is 0 Å². The Hall–Kier alpha value is -11.4. The molecule has 0 aliphatic carbocycles. The lowest BCUT2D eigenvalue weighted by Gasteiger charge is -2.25. The minimum Gasteiger partial charge on any atom is -0.493 e. The molecule has 0 atom stereocenters. The van der Waals surface area contributed by atoms with E-state index >= 15 is 0 Å².